The standard InChI is InChI=1S/C12H16N2O4/c1-2-13-11(15)9-8-17-7-5-14(9)12(16)10-4-3-6-18-10/h3-4,6,9H,2,5,7-8H2,1H3,(H,13,15). The van der Waals surface area contributed by atoms with Crippen LogP contribution in [0.5, 0.6) is 0 Å². The van der Waals surface area contributed by atoms with Crippen LogP contribution in [0.1, 0.15) is 17.5 Å². The molecule has 0 bridgehead atoms. The summed E-state index contributed by atoms with van der Waals surface area (Å²) in [6.45, 7) is 3.40. The van der Waals surface area contributed by atoms with Crippen molar-refractivity contribution in [2.45, 2.75) is 13.0 Å². The van der Waals surface area contributed by atoms with E-state index in [1.807, 2.05) is 6.92 Å². The first kappa shape index (κ1) is 12.6. The summed E-state index contributed by atoms with van der Waals surface area (Å²) in [4.78, 5) is 25.5. The fourth-order valence-electron chi connectivity index (χ4n) is 1.90. The number of nitrogens with zero attached hydrogens (tertiary/aromatic N) is 1. The van der Waals surface area contributed by atoms with Crippen LogP contribution >= 0.6 is 0 Å². The topological polar surface area (TPSA) is 71.8 Å². The van der Waals surface area contributed by atoms with E-state index in [4.69, 9.17) is 9.15 Å². The number of nitrogens with one attached hydrogen (secondary N) is 1. The lowest BCUT2D eigenvalue weighted by Gasteiger charge is -2.33. The molecule has 18 heavy (non-hydrogen) atoms. The maximum absolute atomic E-state index is 12.2. The van der Waals surface area contributed by atoms with Crippen LogP contribution in [-0.2, 0) is 9.53 Å². The van der Waals surface area contributed by atoms with Crippen molar-refractivity contribution in [3.05, 3.63) is 24.2 Å². The molecule has 6 nitrogen and oxygen atoms in total. The van der Waals surface area contributed by atoms with Crippen LogP contribution in [0.2, 0.25) is 0 Å². The van der Waals surface area contributed by atoms with Gasteiger partial charge in [-0.2, -0.15) is 0 Å². The fourth-order valence-corrected chi connectivity index (χ4v) is 1.90. The smallest absolute Gasteiger partial charge is 0.290 e. The third kappa shape index (κ3) is 2.53. The van der Waals surface area contributed by atoms with Crippen LogP contribution in [0.25, 0.3) is 0 Å². The van der Waals surface area contributed by atoms with Gasteiger partial charge in [-0.1, -0.05) is 0 Å². The molecule has 1 N–H and O–H groups in total. The highest BCUT2D eigenvalue weighted by atomic mass is 16.5. The molecule has 2 amide bonds. The Morgan fingerprint density at radius 3 is 3.06 bits per heavy atom. The average molecular weight is 252 g/mol. The highest BCUT2D eigenvalue weighted by molar-refractivity contribution is 5.95. The zero-order valence-corrected chi connectivity index (χ0v) is 10.2. The van der Waals surface area contributed by atoms with Crippen molar-refractivity contribution < 1.29 is 18.7 Å². The van der Waals surface area contributed by atoms with Crippen LogP contribution in [0, 0.1) is 0 Å². The van der Waals surface area contributed by atoms with Gasteiger partial charge < -0.3 is 19.4 Å². The van der Waals surface area contributed by atoms with Gasteiger partial charge in [0.1, 0.15) is 6.04 Å². The molecule has 0 radical (unpaired) electrons. The first-order chi connectivity index (χ1) is 8.74. The van der Waals surface area contributed by atoms with Gasteiger partial charge in [0.2, 0.25) is 5.91 Å². The lowest BCUT2D eigenvalue weighted by molar-refractivity contribution is -0.130. The molecule has 1 aromatic heterocycles. The highest BCUT2D eigenvalue weighted by Gasteiger charge is 2.33. The van der Waals surface area contributed by atoms with Crippen molar-refractivity contribution >= 4 is 11.8 Å². The van der Waals surface area contributed by atoms with Crippen LogP contribution in [0.4, 0.5) is 0 Å². The zero-order valence-electron chi connectivity index (χ0n) is 10.2. The van der Waals surface area contributed by atoms with E-state index in [-0.39, 0.29) is 24.2 Å². The summed E-state index contributed by atoms with van der Waals surface area (Å²) in [5.41, 5.74) is 0. The number of carbonyl (C=O) groups excluding carboxylic acids is 2. The van der Waals surface area contributed by atoms with Gasteiger partial charge >= 0.3 is 0 Å². The van der Waals surface area contributed by atoms with Gasteiger partial charge in [-0.15, -0.1) is 0 Å². The molecule has 1 saturated heterocycles. The summed E-state index contributed by atoms with van der Waals surface area (Å²) in [7, 11) is 0. The monoisotopic (exact) mass is 252 g/mol. The van der Waals surface area contributed by atoms with E-state index in [1.54, 1.807) is 12.1 Å². The number of hydrogen-bond acceptors (Lipinski definition) is 4. The molecular weight excluding hydrogens is 236 g/mol. The Bertz CT molecular complexity index is 416. The maximum atomic E-state index is 12.2. The molecule has 1 unspecified atom stereocenters. The number of ether oxygens (including phenoxy) is 1. The van der Waals surface area contributed by atoms with Gasteiger partial charge in [0.05, 0.1) is 19.5 Å². The summed E-state index contributed by atoms with van der Waals surface area (Å²) >= 11 is 0. The molecule has 6 heteroatoms. The van der Waals surface area contributed by atoms with E-state index in [0.717, 1.165) is 0 Å². The van der Waals surface area contributed by atoms with Gasteiger partial charge in [0.15, 0.2) is 5.76 Å². The van der Waals surface area contributed by atoms with Crippen molar-refractivity contribution in [1.29, 1.82) is 0 Å². The Labute approximate surface area is 105 Å². The van der Waals surface area contributed by atoms with Gasteiger partial charge in [-0.3, -0.25) is 9.59 Å². The highest BCUT2D eigenvalue weighted by Crippen LogP contribution is 2.13. The van der Waals surface area contributed by atoms with Crippen molar-refractivity contribution in [2.75, 3.05) is 26.3 Å². The average Bonchev–Trinajstić information content (AvgIpc) is 2.92. The minimum Gasteiger partial charge on any atom is -0.459 e. The largest absolute Gasteiger partial charge is 0.459 e. The Balaban J connectivity index is 2.12. The number of amides is 2. The van der Waals surface area contributed by atoms with E-state index < -0.39 is 6.04 Å². The van der Waals surface area contributed by atoms with Gasteiger partial charge in [0.25, 0.3) is 5.91 Å². The van der Waals surface area contributed by atoms with Crippen molar-refractivity contribution in [1.82, 2.24) is 10.2 Å². The molecule has 1 aromatic rings. The second-order valence-corrected chi connectivity index (χ2v) is 3.96. The molecule has 1 aliphatic rings. The fraction of sp³-hybridized carbons (Fsp3) is 0.500. The second-order valence-electron chi connectivity index (χ2n) is 3.96. The quantitative estimate of drug-likeness (QED) is 0.837. The number of rotatable bonds is 3. The first-order valence-electron chi connectivity index (χ1n) is 5.94. The van der Waals surface area contributed by atoms with Crippen LogP contribution in [0.3, 0.4) is 0 Å². The molecular formula is C12H16N2O4. The van der Waals surface area contributed by atoms with E-state index in [1.165, 1.54) is 11.2 Å². The number of carbonyl (C=O) groups is 2. The minimum absolute atomic E-state index is 0.197. The SMILES string of the molecule is CCNC(=O)C1COCCN1C(=O)c1ccco1. The van der Waals surface area contributed by atoms with Gasteiger partial charge in [0, 0.05) is 13.1 Å². The molecule has 0 aromatic carbocycles. The number of morpholine rings is 1. The molecule has 98 valence electrons. The maximum Gasteiger partial charge on any atom is 0.290 e. The molecule has 2 rings (SSSR count). The summed E-state index contributed by atoms with van der Waals surface area (Å²) < 4.78 is 10.3. The number of hydrogen-bond donors (Lipinski definition) is 1. The lowest BCUT2D eigenvalue weighted by Crippen LogP contribution is -2.55. The van der Waals surface area contributed by atoms with Crippen LogP contribution < -0.4 is 5.32 Å². The predicted octanol–water partition coefficient (Wildman–Crippen LogP) is 0.257. The Kier molecular flexibility index (Phi) is 3.99. The molecule has 2 heterocycles. The van der Waals surface area contributed by atoms with E-state index in [0.29, 0.717) is 19.7 Å². The Morgan fingerprint density at radius 2 is 2.39 bits per heavy atom. The summed E-state index contributed by atoms with van der Waals surface area (Å²) in [6, 6.07) is 2.65. The summed E-state index contributed by atoms with van der Waals surface area (Å²) in [6.07, 6.45) is 1.44. The van der Waals surface area contributed by atoms with Crippen LogP contribution in [0.15, 0.2) is 22.8 Å². The second kappa shape index (κ2) is 5.68. The molecule has 0 aliphatic carbocycles. The number of likely N-dealkylation sites (N-methyl/N-ethyl adjacent to an activating group) is 1. The molecule has 0 saturated carbocycles. The molecule has 0 spiro atoms. The predicted molar refractivity (Wildman–Crippen MR) is 63.0 cm³/mol. The minimum atomic E-state index is -0.587. The molecule has 1 atom stereocenters. The first-order valence-corrected chi connectivity index (χ1v) is 5.94. The zero-order chi connectivity index (χ0) is 13.0. The van der Waals surface area contributed by atoms with Crippen molar-refractivity contribution in [3.63, 3.8) is 0 Å². The third-order valence-electron chi connectivity index (χ3n) is 2.77. The van der Waals surface area contributed by atoms with E-state index >= 15 is 0 Å². The molecule has 1 aliphatic heterocycles. The van der Waals surface area contributed by atoms with Crippen molar-refractivity contribution in [2.24, 2.45) is 0 Å². The number of furan rings is 1. The van der Waals surface area contributed by atoms with Crippen molar-refractivity contribution in [3.8, 4) is 0 Å². The molecule has 1 fully saturated rings. The third-order valence-corrected chi connectivity index (χ3v) is 2.77. The lowest BCUT2D eigenvalue weighted by atomic mass is 10.2. The Morgan fingerprint density at radius 1 is 1.56 bits per heavy atom. The van der Waals surface area contributed by atoms with Crippen LogP contribution in [-0.4, -0.2) is 49.1 Å². The van der Waals surface area contributed by atoms with E-state index in [2.05, 4.69) is 5.32 Å². The van der Waals surface area contributed by atoms with E-state index in [9.17, 15) is 9.59 Å². The van der Waals surface area contributed by atoms with Gasteiger partial charge in [-0.25, -0.2) is 0 Å². The normalized spacial score (nSPS) is 19.6. The summed E-state index contributed by atoms with van der Waals surface area (Å²) in [5, 5.41) is 2.70. The summed E-state index contributed by atoms with van der Waals surface area (Å²) in [5.74, 6) is -0.233. The Hall–Kier alpha value is -1.82. The van der Waals surface area contributed by atoms with Gasteiger partial charge in [-0.05, 0) is 19.1 Å².